The molecule has 1 heterocycles. The van der Waals surface area contributed by atoms with Gasteiger partial charge in [0, 0.05) is 17.6 Å². The van der Waals surface area contributed by atoms with Gasteiger partial charge >= 0.3 is 0 Å². The summed E-state index contributed by atoms with van der Waals surface area (Å²) in [6.07, 6.45) is 1.48. The van der Waals surface area contributed by atoms with Crippen LogP contribution in [0.2, 0.25) is 0 Å². The van der Waals surface area contributed by atoms with E-state index in [1.54, 1.807) is 0 Å². The number of fused-ring (bicyclic) bond motifs is 1. The number of carbonyl (C=O) groups is 1. The molecule has 0 saturated heterocycles. The Labute approximate surface area is 116 Å². The first-order chi connectivity index (χ1) is 9.75. The number of furan rings is 1. The molecule has 2 aromatic carbocycles. The van der Waals surface area contributed by atoms with Crippen molar-refractivity contribution in [1.82, 2.24) is 5.32 Å². The lowest BCUT2D eigenvalue weighted by molar-refractivity contribution is 0.0952. The molecular formula is C16H14N2O2. The van der Waals surface area contributed by atoms with Crippen LogP contribution in [-0.2, 0) is 6.54 Å². The van der Waals surface area contributed by atoms with Gasteiger partial charge in [-0.15, -0.1) is 0 Å². The number of hydrogen-bond acceptors (Lipinski definition) is 3. The van der Waals surface area contributed by atoms with E-state index in [0.717, 1.165) is 10.9 Å². The molecule has 1 amide bonds. The van der Waals surface area contributed by atoms with Crippen molar-refractivity contribution in [2.45, 2.75) is 6.54 Å². The number of nitrogen functional groups attached to an aromatic ring is 1. The number of carbonyl (C=O) groups excluding carboxylic acids is 1. The highest BCUT2D eigenvalue weighted by Crippen LogP contribution is 2.20. The molecule has 0 atom stereocenters. The molecule has 0 fully saturated rings. The molecule has 0 spiro atoms. The highest BCUT2D eigenvalue weighted by molar-refractivity contribution is 6.05. The Morgan fingerprint density at radius 1 is 1.10 bits per heavy atom. The van der Waals surface area contributed by atoms with Gasteiger partial charge < -0.3 is 15.5 Å². The van der Waals surface area contributed by atoms with E-state index in [1.807, 2.05) is 48.5 Å². The topological polar surface area (TPSA) is 68.3 Å². The molecule has 0 aliphatic rings. The minimum absolute atomic E-state index is 0.168. The predicted molar refractivity (Wildman–Crippen MR) is 78.2 cm³/mol. The summed E-state index contributed by atoms with van der Waals surface area (Å²) in [5, 5.41) is 3.67. The molecule has 0 aliphatic carbocycles. The zero-order valence-electron chi connectivity index (χ0n) is 10.8. The fourth-order valence-electron chi connectivity index (χ4n) is 2.12. The Morgan fingerprint density at radius 2 is 1.85 bits per heavy atom. The standard InChI is InChI=1S/C16H14N2O2/c17-14-7-3-1-5-11(14)9-18-16(19)13-10-20-15-8-4-2-6-12(13)15/h1-8,10H,9,17H2,(H,18,19). The summed E-state index contributed by atoms with van der Waals surface area (Å²) in [6, 6.07) is 14.9. The first-order valence-electron chi connectivity index (χ1n) is 6.33. The van der Waals surface area contributed by atoms with Gasteiger partial charge in [0.15, 0.2) is 0 Å². The third-order valence-electron chi connectivity index (χ3n) is 3.22. The molecule has 20 heavy (non-hydrogen) atoms. The quantitative estimate of drug-likeness (QED) is 0.716. The van der Waals surface area contributed by atoms with Crippen molar-refractivity contribution in [2.24, 2.45) is 0 Å². The Balaban J connectivity index is 1.79. The maximum Gasteiger partial charge on any atom is 0.255 e. The normalized spacial score (nSPS) is 10.6. The summed E-state index contributed by atoms with van der Waals surface area (Å²) in [7, 11) is 0. The second-order valence-electron chi connectivity index (χ2n) is 4.53. The van der Waals surface area contributed by atoms with Gasteiger partial charge in [-0.3, -0.25) is 4.79 Å². The fraction of sp³-hybridized carbons (Fsp3) is 0.0625. The molecule has 3 aromatic rings. The minimum Gasteiger partial charge on any atom is -0.463 e. The van der Waals surface area contributed by atoms with E-state index in [4.69, 9.17) is 10.2 Å². The number of amides is 1. The van der Waals surface area contributed by atoms with E-state index in [2.05, 4.69) is 5.32 Å². The lowest BCUT2D eigenvalue weighted by atomic mass is 10.1. The molecule has 3 rings (SSSR count). The van der Waals surface area contributed by atoms with E-state index < -0.39 is 0 Å². The number of hydrogen-bond donors (Lipinski definition) is 2. The van der Waals surface area contributed by atoms with Crippen molar-refractivity contribution in [1.29, 1.82) is 0 Å². The smallest absolute Gasteiger partial charge is 0.255 e. The van der Waals surface area contributed by atoms with Crippen molar-refractivity contribution >= 4 is 22.6 Å². The van der Waals surface area contributed by atoms with Gasteiger partial charge in [0.2, 0.25) is 0 Å². The highest BCUT2D eigenvalue weighted by atomic mass is 16.3. The molecule has 0 saturated carbocycles. The zero-order valence-corrected chi connectivity index (χ0v) is 10.8. The van der Waals surface area contributed by atoms with Crippen molar-refractivity contribution in [2.75, 3.05) is 5.73 Å². The van der Waals surface area contributed by atoms with Gasteiger partial charge in [0.05, 0.1) is 5.56 Å². The third-order valence-corrected chi connectivity index (χ3v) is 3.22. The van der Waals surface area contributed by atoms with Gasteiger partial charge in [-0.05, 0) is 17.7 Å². The van der Waals surface area contributed by atoms with E-state index in [9.17, 15) is 4.79 Å². The van der Waals surface area contributed by atoms with Crippen LogP contribution in [0.15, 0.2) is 59.2 Å². The summed E-state index contributed by atoms with van der Waals surface area (Å²) in [5.74, 6) is -0.168. The van der Waals surface area contributed by atoms with Crippen LogP contribution in [0.4, 0.5) is 5.69 Å². The summed E-state index contributed by atoms with van der Waals surface area (Å²) in [4.78, 5) is 12.2. The van der Waals surface area contributed by atoms with Crippen LogP contribution in [0.25, 0.3) is 11.0 Å². The van der Waals surface area contributed by atoms with Crippen LogP contribution < -0.4 is 11.1 Å². The second-order valence-corrected chi connectivity index (χ2v) is 4.53. The van der Waals surface area contributed by atoms with Crippen molar-refractivity contribution in [3.05, 3.63) is 65.9 Å². The maximum absolute atomic E-state index is 12.2. The SMILES string of the molecule is Nc1ccccc1CNC(=O)c1coc2ccccc12. The van der Waals surface area contributed by atoms with Gasteiger partial charge in [0.25, 0.3) is 5.91 Å². The average molecular weight is 266 g/mol. The van der Waals surface area contributed by atoms with Crippen LogP contribution in [0.1, 0.15) is 15.9 Å². The summed E-state index contributed by atoms with van der Waals surface area (Å²) >= 11 is 0. The van der Waals surface area contributed by atoms with Crippen molar-refractivity contribution in [3.63, 3.8) is 0 Å². The second kappa shape index (κ2) is 5.09. The molecule has 0 aliphatic heterocycles. The summed E-state index contributed by atoms with van der Waals surface area (Å²) < 4.78 is 5.36. The lowest BCUT2D eigenvalue weighted by Crippen LogP contribution is -2.22. The number of para-hydroxylation sites is 2. The number of anilines is 1. The van der Waals surface area contributed by atoms with Crippen LogP contribution in [-0.4, -0.2) is 5.91 Å². The largest absolute Gasteiger partial charge is 0.463 e. The lowest BCUT2D eigenvalue weighted by Gasteiger charge is -2.06. The van der Waals surface area contributed by atoms with E-state index in [1.165, 1.54) is 6.26 Å². The first kappa shape index (κ1) is 12.3. The Kier molecular flexibility index (Phi) is 3.13. The molecule has 4 nitrogen and oxygen atoms in total. The van der Waals surface area contributed by atoms with Gasteiger partial charge in [-0.1, -0.05) is 36.4 Å². The molecule has 0 radical (unpaired) electrons. The minimum atomic E-state index is -0.168. The number of nitrogens with one attached hydrogen (secondary N) is 1. The molecule has 3 N–H and O–H groups in total. The summed E-state index contributed by atoms with van der Waals surface area (Å²) in [5.41, 5.74) is 8.66. The summed E-state index contributed by atoms with van der Waals surface area (Å²) in [6.45, 7) is 0.394. The van der Waals surface area contributed by atoms with Gasteiger partial charge in [-0.2, -0.15) is 0 Å². The molecule has 4 heteroatoms. The predicted octanol–water partition coefficient (Wildman–Crippen LogP) is 2.95. The molecule has 1 aromatic heterocycles. The van der Waals surface area contributed by atoms with Crippen LogP contribution >= 0.6 is 0 Å². The maximum atomic E-state index is 12.2. The van der Waals surface area contributed by atoms with Crippen LogP contribution in [0.3, 0.4) is 0 Å². The molecule has 0 bridgehead atoms. The van der Waals surface area contributed by atoms with Gasteiger partial charge in [0.1, 0.15) is 11.8 Å². The monoisotopic (exact) mass is 266 g/mol. The third kappa shape index (κ3) is 2.23. The molecular weight excluding hydrogens is 252 g/mol. The Bertz CT molecular complexity index is 762. The highest BCUT2D eigenvalue weighted by Gasteiger charge is 2.13. The average Bonchev–Trinajstić information content (AvgIpc) is 2.90. The van der Waals surface area contributed by atoms with Crippen molar-refractivity contribution < 1.29 is 9.21 Å². The van der Waals surface area contributed by atoms with Crippen molar-refractivity contribution in [3.8, 4) is 0 Å². The number of nitrogens with two attached hydrogens (primary N) is 1. The van der Waals surface area contributed by atoms with E-state index >= 15 is 0 Å². The Hall–Kier alpha value is -2.75. The van der Waals surface area contributed by atoms with Crippen LogP contribution in [0, 0.1) is 0 Å². The van der Waals surface area contributed by atoms with E-state index in [0.29, 0.717) is 23.4 Å². The fourth-order valence-corrected chi connectivity index (χ4v) is 2.12. The molecule has 0 unspecified atom stereocenters. The first-order valence-corrected chi connectivity index (χ1v) is 6.33. The number of benzene rings is 2. The molecule has 100 valence electrons. The van der Waals surface area contributed by atoms with Crippen LogP contribution in [0.5, 0.6) is 0 Å². The number of rotatable bonds is 3. The van der Waals surface area contributed by atoms with E-state index in [-0.39, 0.29) is 5.91 Å². The Morgan fingerprint density at radius 3 is 2.70 bits per heavy atom. The zero-order chi connectivity index (χ0) is 13.9. The van der Waals surface area contributed by atoms with Gasteiger partial charge in [-0.25, -0.2) is 0 Å².